The molecule has 0 spiro atoms. The van der Waals surface area contributed by atoms with E-state index in [4.69, 9.17) is 4.74 Å². The van der Waals surface area contributed by atoms with Gasteiger partial charge in [-0.1, -0.05) is 31.0 Å². The van der Waals surface area contributed by atoms with Crippen molar-refractivity contribution in [1.82, 2.24) is 15.1 Å². The van der Waals surface area contributed by atoms with E-state index in [1.807, 2.05) is 24.3 Å². The number of benzene rings is 2. The van der Waals surface area contributed by atoms with Gasteiger partial charge in [0.15, 0.2) is 0 Å². The molecule has 0 unspecified atom stereocenters. The summed E-state index contributed by atoms with van der Waals surface area (Å²) >= 11 is 0. The van der Waals surface area contributed by atoms with Crippen LogP contribution in [0.1, 0.15) is 47.8 Å². The SMILES string of the molecule is COc1ccc(C(=O)NCc2nn(C3CCCC3)c(=O)c3ccccc23)cc1. The molecule has 0 aliphatic heterocycles. The number of nitrogens with zero attached hydrogens (tertiary/aromatic N) is 2. The first kappa shape index (κ1) is 18.2. The van der Waals surface area contributed by atoms with Crippen LogP contribution in [0.4, 0.5) is 0 Å². The van der Waals surface area contributed by atoms with E-state index in [1.165, 1.54) is 0 Å². The fourth-order valence-corrected chi connectivity index (χ4v) is 3.81. The van der Waals surface area contributed by atoms with Gasteiger partial charge >= 0.3 is 0 Å². The number of rotatable bonds is 5. The van der Waals surface area contributed by atoms with Crippen molar-refractivity contribution in [2.45, 2.75) is 38.3 Å². The second kappa shape index (κ2) is 7.84. The molecule has 1 heterocycles. The maximum atomic E-state index is 12.9. The molecule has 3 aromatic rings. The van der Waals surface area contributed by atoms with E-state index in [0.29, 0.717) is 22.4 Å². The Labute approximate surface area is 163 Å². The molecule has 144 valence electrons. The van der Waals surface area contributed by atoms with Gasteiger partial charge in [0.05, 0.1) is 30.8 Å². The maximum Gasteiger partial charge on any atom is 0.274 e. The molecule has 1 aliphatic carbocycles. The van der Waals surface area contributed by atoms with Crippen molar-refractivity contribution < 1.29 is 9.53 Å². The van der Waals surface area contributed by atoms with E-state index in [2.05, 4.69) is 10.4 Å². The smallest absolute Gasteiger partial charge is 0.274 e. The normalized spacial score (nSPS) is 14.3. The molecule has 0 radical (unpaired) electrons. The minimum Gasteiger partial charge on any atom is -0.497 e. The number of ether oxygens (including phenoxy) is 1. The van der Waals surface area contributed by atoms with Crippen LogP contribution in [0.5, 0.6) is 5.75 Å². The lowest BCUT2D eigenvalue weighted by Gasteiger charge is -2.16. The van der Waals surface area contributed by atoms with Crippen molar-refractivity contribution in [3.8, 4) is 5.75 Å². The fourth-order valence-electron chi connectivity index (χ4n) is 3.81. The largest absolute Gasteiger partial charge is 0.497 e. The summed E-state index contributed by atoms with van der Waals surface area (Å²) in [5.41, 5.74) is 1.21. The molecule has 28 heavy (non-hydrogen) atoms. The molecule has 0 bridgehead atoms. The number of hydrogen-bond acceptors (Lipinski definition) is 4. The Kier molecular flexibility index (Phi) is 5.10. The number of aromatic nitrogens is 2. The topological polar surface area (TPSA) is 73.2 Å². The second-order valence-corrected chi connectivity index (χ2v) is 7.09. The Morgan fingerprint density at radius 1 is 1.11 bits per heavy atom. The number of nitrogens with one attached hydrogen (secondary N) is 1. The van der Waals surface area contributed by atoms with Gasteiger partial charge in [-0.2, -0.15) is 5.10 Å². The van der Waals surface area contributed by atoms with Crippen LogP contribution in [-0.2, 0) is 6.54 Å². The van der Waals surface area contributed by atoms with Crippen LogP contribution < -0.4 is 15.6 Å². The number of hydrogen-bond donors (Lipinski definition) is 1. The minimum atomic E-state index is -0.188. The Bertz CT molecular complexity index is 1050. The third-order valence-electron chi connectivity index (χ3n) is 5.34. The average molecular weight is 377 g/mol. The molecule has 1 saturated carbocycles. The zero-order valence-corrected chi connectivity index (χ0v) is 15.9. The summed E-state index contributed by atoms with van der Waals surface area (Å²) in [6.45, 7) is 0.262. The number of carbonyl (C=O) groups is 1. The van der Waals surface area contributed by atoms with E-state index in [1.54, 1.807) is 36.1 Å². The van der Waals surface area contributed by atoms with E-state index < -0.39 is 0 Å². The van der Waals surface area contributed by atoms with E-state index in [-0.39, 0.29) is 24.1 Å². The highest BCUT2D eigenvalue weighted by molar-refractivity contribution is 5.94. The second-order valence-electron chi connectivity index (χ2n) is 7.09. The maximum absolute atomic E-state index is 12.9. The highest BCUT2D eigenvalue weighted by Gasteiger charge is 2.21. The summed E-state index contributed by atoms with van der Waals surface area (Å²) in [6, 6.07) is 14.6. The predicted octanol–water partition coefficient (Wildman–Crippen LogP) is 3.45. The van der Waals surface area contributed by atoms with Crippen LogP contribution in [0.15, 0.2) is 53.3 Å². The zero-order valence-electron chi connectivity index (χ0n) is 15.9. The average Bonchev–Trinajstić information content (AvgIpc) is 3.28. The van der Waals surface area contributed by atoms with Crippen molar-refractivity contribution >= 4 is 16.7 Å². The molecule has 1 aliphatic rings. The van der Waals surface area contributed by atoms with Gasteiger partial charge in [0.1, 0.15) is 5.75 Å². The molecule has 6 nitrogen and oxygen atoms in total. The van der Waals surface area contributed by atoms with Crippen molar-refractivity contribution in [1.29, 1.82) is 0 Å². The van der Waals surface area contributed by atoms with Crippen LogP contribution in [-0.4, -0.2) is 22.8 Å². The fraction of sp³-hybridized carbons (Fsp3) is 0.318. The quantitative estimate of drug-likeness (QED) is 0.739. The molecule has 6 heteroatoms. The highest BCUT2D eigenvalue weighted by Crippen LogP contribution is 2.28. The van der Waals surface area contributed by atoms with Gasteiger partial charge in [-0.25, -0.2) is 4.68 Å². The van der Waals surface area contributed by atoms with E-state index >= 15 is 0 Å². The summed E-state index contributed by atoms with van der Waals surface area (Å²) in [7, 11) is 1.59. The molecular formula is C22H23N3O3. The van der Waals surface area contributed by atoms with E-state index in [0.717, 1.165) is 31.1 Å². The molecule has 0 atom stereocenters. The molecule has 1 fully saturated rings. The third kappa shape index (κ3) is 3.50. The Balaban J connectivity index is 1.63. The molecule has 4 rings (SSSR count). The number of methoxy groups -OCH3 is 1. The molecule has 2 aromatic carbocycles. The number of amides is 1. The van der Waals surface area contributed by atoms with Gasteiger partial charge in [-0.15, -0.1) is 0 Å². The van der Waals surface area contributed by atoms with Gasteiger partial charge in [0.25, 0.3) is 11.5 Å². The Morgan fingerprint density at radius 2 is 1.79 bits per heavy atom. The van der Waals surface area contributed by atoms with Crippen LogP contribution in [0.25, 0.3) is 10.8 Å². The first-order valence-corrected chi connectivity index (χ1v) is 9.60. The zero-order chi connectivity index (χ0) is 19.5. The van der Waals surface area contributed by atoms with Gasteiger partial charge in [0.2, 0.25) is 0 Å². The summed E-state index contributed by atoms with van der Waals surface area (Å²) in [4.78, 5) is 25.4. The predicted molar refractivity (Wildman–Crippen MR) is 108 cm³/mol. The first-order valence-electron chi connectivity index (χ1n) is 9.60. The van der Waals surface area contributed by atoms with Gasteiger partial charge in [0, 0.05) is 10.9 Å². The van der Waals surface area contributed by atoms with Crippen molar-refractivity contribution in [2.75, 3.05) is 7.11 Å². The van der Waals surface area contributed by atoms with Crippen molar-refractivity contribution in [2.24, 2.45) is 0 Å². The third-order valence-corrected chi connectivity index (χ3v) is 5.34. The molecule has 1 amide bonds. The van der Waals surface area contributed by atoms with Crippen LogP contribution in [0.3, 0.4) is 0 Å². The summed E-state index contributed by atoms with van der Waals surface area (Å²) in [5, 5.41) is 9.01. The summed E-state index contributed by atoms with van der Waals surface area (Å²) in [5.74, 6) is 0.514. The standard InChI is InChI=1S/C22H23N3O3/c1-28-17-12-10-15(11-13-17)21(26)23-14-20-18-8-4-5-9-19(18)22(27)25(24-20)16-6-2-3-7-16/h4-5,8-13,16H,2-3,6-7,14H2,1H3,(H,23,26). The molecular weight excluding hydrogens is 354 g/mol. The highest BCUT2D eigenvalue weighted by atomic mass is 16.5. The lowest BCUT2D eigenvalue weighted by Crippen LogP contribution is -2.30. The lowest BCUT2D eigenvalue weighted by molar-refractivity contribution is 0.0950. The summed E-state index contributed by atoms with van der Waals surface area (Å²) < 4.78 is 6.75. The van der Waals surface area contributed by atoms with Gasteiger partial charge in [-0.3, -0.25) is 9.59 Å². The van der Waals surface area contributed by atoms with Crippen LogP contribution in [0, 0.1) is 0 Å². The van der Waals surface area contributed by atoms with Crippen LogP contribution in [0.2, 0.25) is 0 Å². The van der Waals surface area contributed by atoms with Crippen LogP contribution >= 0.6 is 0 Å². The first-order chi connectivity index (χ1) is 13.7. The molecule has 0 saturated heterocycles. The summed E-state index contributed by atoms with van der Waals surface area (Å²) in [6.07, 6.45) is 4.19. The van der Waals surface area contributed by atoms with Crippen molar-refractivity contribution in [3.63, 3.8) is 0 Å². The minimum absolute atomic E-state index is 0.0484. The van der Waals surface area contributed by atoms with Gasteiger partial charge in [-0.05, 0) is 43.2 Å². The van der Waals surface area contributed by atoms with Crippen molar-refractivity contribution in [3.05, 3.63) is 70.1 Å². The number of carbonyl (C=O) groups excluding carboxylic acids is 1. The molecule has 1 N–H and O–H groups in total. The number of fused-ring (bicyclic) bond motifs is 1. The lowest BCUT2D eigenvalue weighted by atomic mass is 10.1. The van der Waals surface area contributed by atoms with E-state index in [9.17, 15) is 9.59 Å². The molecule has 1 aromatic heterocycles. The van der Waals surface area contributed by atoms with Gasteiger partial charge < -0.3 is 10.1 Å². The Morgan fingerprint density at radius 3 is 2.46 bits per heavy atom. The monoisotopic (exact) mass is 377 g/mol. The Hall–Kier alpha value is -3.15.